The van der Waals surface area contributed by atoms with Crippen LogP contribution in [0.15, 0.2) is 18.2 Å². The van der Waals surface area contributed by atoms with Crippen molar-refractivity contribution < 1.29 is 19.4 Å². The van der Waals surface area contributed by atoms with Gasteiger partial charge in [-0.1, -0.05) is 19.9 Å². The van der Waals surface area contributed by atoms with Crippen LogP contribution in [0.2, 0.25) is 0 Å². The van der Waals surface area contributed by atoms with Gasteiger partial charge in [-0.3, -0.25) is 9.59 Å². The highest BCUT2D eigenvalue weighted by Gasteiger charge is 2.18. The summed E-state index contributed by atoms with van der Waals surface area (Å²) in [6.45, 7) is 3.92. The van der Waals surface area contributed by atoms with E-state index in [2.05, 4.69) is 5.32 Å². The number of nitrogens with zero attached hydrogens (tertiary/aromatic N) is 1. The first kappa shape index (κ1) is 18.8. The predicted octanol–water partition coefficient (Wildman–Crippen LogP) is 0.459. The molecule has 0 unspecified atom stereocenters. The zero-order chi connectivity index (χ0) is 17.6. The number of rotatable bonds is 7. The molecular weight excluding hydrogens is 298 g/mol. The Balaban J connectivity index is 2.56. The van der Waals surface area contributed by atoms with Gasteiger partial charge in [0.15, 0.2) is 11.5 Å². The molecular formula is C16H25N3O4. The Morgan fingerprint density at radius 1 is 1.39 bits per heavy atom. The molecule has 4 N–H and O–H groups in total. The number of benzene rings is 1. The van der Waals surface area contributed by atoms with Crippen LogP contribution in [0.5, 0.6) is 11.5 Å². The van der Waals surface area contributed by atoms with Crippen molar-refractivity contribution in [3.63, 3.8) is 0 Å². The number of amides is 2. The average Bonchev–Trinajstić information content (AvgIpc) is 2.52. The minimum absolute atomic E-state index is 0.00675. The standard InChI is InChI=1S/C16H25N3O4/c1-10(2)15(17)16(22)18-8-14(21)19(3)9-11-5-6-12(20)13(7-11)23-4/h5-7,10,15,20H,8-9,17H2,1-4H3,(H,18,22)/t15-/m0/s1. The lowest BCUT2D eigenvalue weighted by molar-refractivity contribution is -0.132. The number of nitrogens with one attached hydrogen (secondary N) is 1. The fourth-order valence-corrected chi connectivity index (χ4v) is 1.90. The highest BCUT2D eigenvalue weighted by atomic mass is 16.5. The molecule has 0 radical (unpaired) electrons. The topological polar surface area (TPSA) is 105 Å². The van der Waals surface area contributed by atoms with Crippen molar-refractivity contribution in [3.05, 3.63) is 23.8 Å². The Morgan fingerprint density at radius 2 is 2.04 bits per heavy atom. The molecule has 0 fully saturated rings. The van der Waals surface area contributed by atoms with Crippen LogP contribution in [-0.4, -0.2) is 48.6 Å². The van der Waals surface area contributed by atoms with Crippen LogP contribution in [0.25, 0.3) is 0 Å². The maximum absolute atomic E-state index is 12.1. The molecule has 23 heavy (non-hydrogen) atoms. The molecule has 1 aromatic rings. The van der Waals surface area contributed by atoms with Crippen molar-refractivity contribution in [1.29, 1.82) is 0 Å². The summed E-state index contributed by atoms with van der Waals surface area (Å²) in [5.74, 6) is -0.179. The molecule has 0 saturated heterocycles. The third kappa shape index (κ3) is 5.45. The number of methoxy groups -OCH3 is 1. The molecule has 0 heterocycles. The van der Waals surface area contributed by atoms with E-state index in [0.29, 0.717) is 12.3 Å². The van der Waals surface area contributed by atoms with Gasteiger partial charge >= 0.3 is 0 Å². The summed E-state index contributed by atoms with van der Waals surface area (Å²) in [4.78, 5) is 25.3. The molecule has 128 valence electrons. The summed E-state index contributed by atoms with van der Waals surface area (Å²) in [6.07, 6.45) is 0. The lowest BCUT2D eigenvalue weighted by atomic mass is 10.1. The largest absolute Gasteiger partial charge is 0.504 e. The third-order valence-electron chi connectivity index (χ3n) is 3.52. The van der Waals surface area contributed by atoms with E-state index in [1.54, 1.807) is 19.2 Å². The smallest absolute Gasteiger partial charge is 0.242 e. The number of nitrogens with two attached hydrogens (primary N) is 1. The van der Waals surface area contributed by atoms with Gasteiger partial charge in [-0.25, -0.2) is 0 Å². The third-order valence-corrected chi connectivity index (χ3v) is 3.52. The second-order valence-electron chi connectivity index (χ2n) is 5.74. The number of carbonyl (C=O) groups is 2. The first-order valence-electron chi connectivity index (χ1n) is 7.39. The van der Waals surface area contributed by atoms with Gasteiger partial charge < -0.3 is 25.8 Å². The molecule has 0 aliphatic carbocycles. The molecule has 0 spiro atoms. The van der Waals surface area contributed by atoms with Gasteiger partial charge in [0.1, 0.15) is 0 Å². The van der Waals surface area contributed by atoms with Crippen LogP contribution in [-0.2, 0) is 16.1 Å². The van der Waals surface area contributed by atoms with Gasteiger partial charge in [0, 0.05) is 13.6 Å². The Kier molecular flexibility index (Phi) is 6.84. The van der Waals surface area contributed by atoms with E-state index in [-0.39, 0.29) is 30.0 Å². The zero-order valence-corrected chi connectivity index (χ0v) is 14.0. The fraction of sp³-hybridized carbons (Fsp3) is 0.500. The number of carbonyl (C=O) groups excluding carboxylic acids is 2. The Hall–Kier alpha value is -2.28. The molecule has 0 saturated carbocycles. The van der Waals surface area contributed by atoms with Gasteiger partial charge in [-0.2, -0.15) is 0 Å². The van der Waals surface area contributed by atoms with Crippen molar-refractivity contribution in [2.45, 2.75) is 26.4 Å². The van der Waals surface area contributed by atoms with Gasteiger partial charge in [-0.15, -0.1) is 0 Å². The van der Waals surface area contributed by atoms with Gasteiger partial charge in [0.25, 0.3) is 0 Å². The van der Waals surface area contributed by atoms with Crippen LogP contribution in [0.1, 0.15) is 19.4 Å². The summed E-state index contributed by atoms with van der Waals surface area (Å²) in [7, 11) is 3.09. The lowest BCUT2D eigenvalue weighted by Crippen LogP contribution is -2.47. The zero-order valence-electron chi connectivity index (χ0n) is 14.0. The van der Waals surface area contributed by atoms with Gasteiger partial charge in [-0.05, 0) is 23.6 Å². The minimum atomic E-state index is -0.630. The molecule has 1 aromatic carbocycles. The molecule has 0 aromatic heterocycles. The normalized spacial score (nSPS) is 11.9. The van der Waals surface area contributed by atoms with E-state index in [4.69, 9.17) is 10.5 Å². The van der Waals surface area contributed by atoms with Crippen molar-refractivity contribution in [2.75, 3.05) is 20.7 Å². The predicted molar refractivity (Wildman–Crippen MR) is 87.0 cm³/mol. The molecule has 0 aliphatic heterocycles. The molecule has 0 aliphatic rings. The Bertz CT molecular complexity index is 560. The van der Waals surface area contributed by atoms with Crippen molar-refractivity contribution in [1.82, 2.24) is 10.2 Å². The SMILES string of the molecule is COc1cc(CN(C)C(=O)CNC(=O)[C@@H](N)C(C)C)ccc1O. The number of aromatic hydroxyl groups is 1. The number of hydrogen-bond acceptors (Lipinski definition) is 5. The maximum Gasteiger partial charge on any atom is 0.242 e. The minimum Gasteiger partial charge on any atom is -0.504 e. The molecule has 0 bridgehead atoms. The summed E-state index contributed by atoms with van der Waals surface area (Å²) in [5, 5.41) is 12.1. The van der Waals surface area contributed by atoms with Crippen molar-refractivity contribution >= 4 is 11.8 Å². The second-order valence-corrected chi connectivity index (χ2v) is 5.74. The lowest BCUT2D eigenvalue weighted by Gasteiger charge is -2.20. The van der Waals surface area contributed by atoms with E-state index in [9.17, 15) is 14.7 Å². The van der Waals surface area contributed by atoms with Crippen molar-refractivity contribution in [2.24, 2.45) is 11.7 Å². The average molecular weight is 323 g/mol. The van der Waals surface area contributed by atoms with E-state index in [0.717, 1.165) is 5.56 Å². The number of likely N-dealkylation sites (N-methyl/N-ethyl adjacent to an activating group) is 1. The molecule has 7 nitrogen and oxygen atoms in total. The van der Waals surface area contributed by atoms with Gasteiger partial charge in [0.05, 0.1) is 19.7 Å². The highest BCUT2D eigenvalue weighted by Crippen LogP contribution is 2.26. The number of ether oxygens (including phenoxy) is 1. The molecule has 7 heteroatoms. The molecule has 1 rings (SSSR count). The van der Waals surface area contributed by atoms with Crippen LogP contribution in [0.4, 0.5) is 0 Å². The fourth-order valence-electron chi connectivity index (χ4n) is 1.90. The first-order chi connectivity index (χ1) is 10.8. The summed E-state index contributed by atoms with van der Waals surface area (Å²) in [6, 6.07) is 4.24. The quantitative estimate of drug-likeness (QED) is 0.676. The van der Waals surface area contributed by atoms with E-state index < -0.39 is 6.04 Å². The summed E-state index contributed by atoms with van der Waals surface area (Å²) in [5.41, 5.74) is 6.52. The number of phenols is 1. The van der Waals surface area contributed by atoms with E-state index >= 15 is 0 Å². The van der Waals surface area contributed by atoms with E-state index in [1.165, 1.54) is 18.1 Å². The second kappa shape index (κ2) is 8.38. The first-order valence-corrected chi connectivity index (χ1v) is 7.39. The summed E-state index contributed by atoms with van der Waals surface area (Å²) < 4.78 is 5.03. The van der Waals surface area contributed by atoms with Crippen LogP contribution < -0.4 is 15.8 Å². The van der Waals surface area contributed by atoms with Crippen LogP contribution in [0.3, 0.4) is 0 Å². The number of phenolic OH excluding ortho intramolecular Hbond substituents is 1. The summed E-state index contributed by atoms with van der Waals surface area (Å²) >= 11 is 0. The maximum atomic E-state index is 12.1. The van der Waals surface area contributed by atoms with Crippen LogP contribution in [0, 0.1) is 5.92 Å². The van der Waals surface area contributed by atoms with Crippen LogP contribution >= 0.6 is 0 Å². The Morgan fingerprint density at radius 3 is 2.61 bits per heavy atom. The highest BCUT2D eigenvalue weighted by molar-refractivity contribution is 5.87. The van der Waals surface area contributed by atoms with Crippen molar-refractivity contribution in [3.8, 4) is 11.5 Å². The Labute approximate surface area is 136 Å². The van der Waals surface area contributed by atoms with Gasteiger partial charge in [0.2, 0.25) is 11.8 Å². The molecule has 2 amide bonds. The molecule has 1 atom stereocenters. The monoisotopic (exact) mass is 323 g/mol. The number of hydrogen-bond donors (Lipinski definition) is 3. The van der Waals surface area contributed by atoms with E-state index in [1.807, 2.05) is 13.8 Å².